The van der Waals surface area contributed by atoms with Crippen LogP contribution in [-0.2, 0) is 17.1 Å². The average Bonchev–Trinajstić information content (AvgIpc) is 3.02. The summed E-state index contributed by atoms with van der Waals surface area (Å²) in [4.78, 5) is 16.5. The predicted molar refractivity (Wildman–Crippen MR) is 111 cm³/mol. The van der Waals surface area contributed by atoms with E-state index < -0.39 is 0 Å². The lowest BCUT2D eigenvalue weighted by molar-refractivity contribution is -0.118. The molecule has 0 saturated carbocycles. The number of halogens is 2. The highest BCUT2D eigenvalue weighted by atomic mass is 35.5. The Morgan fingerprint density at radius 2 is 1.70 bits per heavy atom. The van der Waals surface area contributed by atoms with Gasteiger partial charge in [0.1, 0.15) is 5.76 Å². The standard InChI is InChI=1S/C20H18Cl2N2O2S/c1-13-18(24-20(26-13)15-4-8-17(22)9-5-15)11-27-12-19(25)23-10-14-2-6-16(21)7-3-14/h2-9H,10-12H2,1H3,(H,23,25). The summed E-state index contributed by atoms with van der Waals surface area (Å²) >= 11 is 13.3. The molecule has 1 heterocycles. The number of benzene rings is 2. The molecule has 0 aliphatic heterocycles. The van der Waals surface area contributed by atoms with Crippen LogP contribution >= 0.6 is 35.0 Å². The second-order valence-corrected chi connectivity index (χ2v) is 7.78. The second-order valence-electron chi connectivity index (χ2n) is 5.92. The van der Waals surface area contributed by atoms with Crippen LogP contribution in [0.3, 0.4) is 0 Å². The molecule has 0 saturated heterocycles. The van der Waals surface area contributed by atoms with Crippen LogP contribution < -0.4 is 5.32 Å². The molecule has 2 aromatic carbocycles. The van der Waals surface area contributed by atoms with E-state index in [2.05, 4.69) is 10.3 Å². The Labute approximate surface area is 172 Å². The van der Waals surface area contributed by atoms with Crippen molar-refractivity contribution in [1.82, 2.24) is 10.3 Å². The van der Waals surface area contributed by atoms with Gasteiger partial charge in [0.05, 0.1) is 11.4 Å². The number of amides is 1. The van der Waals surface area contributed by atoms with Gasteiger partial charge in [-0.2, -0.15) is 0 Å². The number of rotatable bonds is 7. The van der Waals surface area contributed by atoms with Gasteiger partial charge in [0.25, 0.3) is 0 Å². The van der Waals surface area contributed by atoms with Crippen LogP contribution in [0, 0.1) is 6.92 Å². The Hall–Kier alpha value is -1.95. The van der Waals surface area contributed by atoms with Gasteiger partial charge in [-0.25, -0.2) is 4.98 Å². The van der Waals surface area contributed by atoms with E-state index >= 15 is 0 Å². The van der Waals surface area contributed by atoms with Crippen molar-refractivity contribution in [3.63, 3.8) is 0 Å². The van der Waals surface area contributed by atoms with E-state index in [1.165, 1.54) is 11.8 Å². The van der Waals surface area contributed by atoms with Gasteiger partial charge in [-0.3, -0.25) is 4.79 Å². The van der Waals surface area contributed by atoms with Crippen molar-refractivity contribution in [3.8, 4) is 11.5 Å². The van der Waals surface area contributed by atoms with Gasteiger partial charge in [-0.05, 0) is 48.9 Å². The summed E-state index contributed by atoms with van der Waals surface area (Å²) in [5, 5.41) is 4.25. The van der Waals surface area contributed by atoms with Crippen LogP contribution in [0.2, 0.25) is 10.0 Å². The maximum atomic E-state index is 12.0. The number of thioether (sulfide) groups is 1. The minimum atomic E-state index is -0.0194. The lowest BCUT2D eigenvalue weighted by Crippen LogP contribution is -2.24. The van der Waals surface area contributed by atoms with Crippen molar-refractivity contribution >= 4 is 40.9 Å². The monoisotopic (exact) mass is 420 g/mol. The Morgan fingerprint density at radius 1 is 1.07 bits per heavy atom. The summed E-state index contributed by atoms with van der Waals surface area (Å²) in [6.07, 6.45) is 0. The zero-order chi connectivity index (χ0) is 19.2. The van der Waals surface area contributed by atoms with Gasteiger partial charge in [-0.15, -0.1) is 11.8 Å². The topological polar surface area (TPSA) is 55.1 Å². The van der Waals surface area contributed by atoms with Crippen molar-refractivity contribution in [2.75, 3.05) is 5.75 Å². The van der Waals surface area contributed by atoms with Crippen molar-refractivity contribution < 1.29 is 9.21 Å². The Kier molecular flexibility index (Phi) is 6.83. The summed E-state index contributed by atoms with van der Waals surface area (Å²) in [7, 11) is 0. The smallest absolute Gasteiger partial charge is 0.230 e. The Bertz CT molecular complexity index is 909. The summed E-state index contributed by atoms with van der Waals surface area (Å²) in [5.41, 5.74) is 2.73. The highest BCUT2D eigenvalue weighted by Gasteiger charge is 2.12. The van der Waals surface area contributed by atoms with Gasteiger partial charge in [-0.1, -0.05) is 35.3 Å². The number of oxazole rings is 1. The third-order valence-corrected chi connectivity index (χ3v) is 5.31. The molecule has 1 aromatic heterocycles. The van der Waals surface area contributed by atoms with Crippen molar-refractivity contribution in [2.24, 2.45) is 0 Å². The van der Waals surface area contributed by atoms with Crippen LogP contribution in [0.5, 0.6) is 0 Å². The van der Waals surface area contributed by atoms with E-state index in [-0.39, 0.29) is 5.91 Å². The Morgan fingerprint density at radius 3 is 2.37 bits per heavy atom. The lowest BCUT2D eigenvalue weighted by Gasteiger charge is -2.05. The molecule has 0 spiro atoms. The van der Waals surface area contributed by atoms with Gasteiger partial charge < -0.3 is 9.73 Å². The van der Waals surface area contributed by atoms with Gasteiger partial charge >= 0.3 is 0 Å². The van der Waals surface area contributed by atoms with E-state index in [0.29, 0.717) is 34.0 Å². The number of aromatic nitrogens is 1. The fourth-order valence-electron chi connectivity index (χ4n) is 2.37. The quantitative estimate of drug-likeness (QED) is 0.547. The van der Waals surface area contributed by atoms with E-state index in [4.69, 9.17) is 27.6 Å². The molecule has 140 valence electrons. The molecule has 0 aliphatic rings. The summed E-state index contributed by atoms with van der Waals surface area (Å²) in [6.45, 7) is 2.36. The number of nitrogens with zero attached hydrogens (tertiary/aromatic N) is 1. The largest absolute Gasteiger partial charge is 0.441 e. The third-order valence-electron chi connectivity index (χ3n) is 3.86. The first-order valence-electron chi connectivity index (χ1n) is 8.32. The number of carbonyl (C=O) groups excluding carboxylic acids is 1. The van der Waals surface area contributed by atoms with E-state index in [0.717, 1.165) is 22.6 Å². The van der Waals surface area contributed by atoms with Crippen LogP contribution in [0.25, 0.3) is 11.5 Å². The van der Waals surface area contributed by atoms with Crippen LogP contribution in [0.15, 0.2) is 52.9 Å². The fourth-order valence-corrected chi connectivity index (χ4v) is 3.47. The molecule has 3 aromatic rings. The molecule has 3 rings (SSSR count). The first-order chi connectivity index (χ1) is 13.0. The van der Waals surface area contributed by atoms with Crippen molar-refractivity contribution in [2.45, 2.75) is 19.2 Å². The molecule has 1 N–H and O–H groups in total. The molecule has 0 radical (unpaired) electrons. The average molecular weight is 421 g/mol. The van der Waals surface area contributed by atoms with Crippen molar-refractivity contribution in [1.29, 1.82) is 0 Å². The molecule has 0 bridgehead atoms. The molecule has 7 heteroatoms. The summed E-state index contributed by atoms with van der Waals surface area (Å²) in [6, 6.07) is 14.8. The van der Waals surface area contributed by atoms with E-state index in [1.54, 1.807) is 12.1 Å². The van der Waals surface area contributed by atoms with Crippen LogP contribution in [0.1, 0.15) is 17.0 Å². The SMILES string of the molecule is Cc1oc(-c2ccc(Cl)cc2)nc1CSCC(=O)NCc1ccc(Cl)cc1. The highest BCUT2D eigenvalue weighted by molar-refractivity contribution is 7.99. The Balaban J connectivity index is 1.48. The third kappa shape index (κ3) is 5.76. The number of nitrogens with one attached hydrogen (secondary N) is 1. The zero-order valence-electron chi connectivity index (χ0n) is 14.7. The number of aryl methyl sites for hydroxylation is 1. The van der Waals surface area contributed by atoms with Gasteiger partial charge in [0, 0.05) is 27.9 Å². The number of carbonyl (C=O) groups is 1. The molecular formula is C20H18Cl2N2O2S. The maximum Gasteiger partial charge on any atom is 0.230 e. The maximum absolute atomic E-state index is 12.0. The van der Waals surface area contributed by atoms with Crippen LogP contribution in [0.4, 0.5) is 0 Å². The molecule has 0 atom stereocenters. The molecule has 0 aliphatic carbocycles. The van der Waals surface area contributed by atoms with Gasteiger partial charge in [0.2, 0.25) is 11.8 Å². The lowest BCUT2D eigenvalue weighted by atomic mass is 10.2. The predicted octanol–water partition coefficient (Wildman–Crippen LogP) is 5.51. The molecule has 27 heavy (non-hydrogen) atoms. The molecule has 0 fully saturated rings. The van der Waals surface area contributed by atoms with E-state index in [9.17, 15) is 4.79 Å². The zero-order valence-corrected chi connectivity index (χ0v) is 17.0. The summed E-state index contributed by atoms with van der Waals surface area (Å²) in [5.74, 6) is 2.27. The van der Waals surface area contributed by atoms with Crippen LogP contribution in [-0.4, -0.2) is 16.6 Å². The van der Waals surface area contributed by atoms with Crippen molar-refractivity contribution in [3.05, 3.63) is 75.6 Å². The fraction of sp³-hybridized carbons (Fsp3) is 0.200. The normalized spacial score (nSPS) is 10.8. The first kappa shape index (κ1) is 19.8. The molecule has 0 unspecified atom stereocenters. The number of hydrogen-bond acceptors (Lipinski definition) is 4. The first-order valence-corrected chi connectivity index (χ1v) is 10.2. The molecule has 1 amide bonds. The van der Waals surface area contributed by atoms with E-state index in [1.807, 2.05) is 43.3 Å². The molecule has 4 nitrogen and oxygen atoms in total. The summed E-state index contributed by atoms with van der Waals surface area (Å²) < 4.78 is 5.73. The highest BCUT2D eigenvalue weighted by Crippen LogP contribution is 2.25. The number of hydrogen-bond donors (Lipinski definition) is 1. The van der Waals surface area contributed by atoms with Gasteiger partial charge in [0.15, 0.2) is 0 Å². The molecular weight excluding hydrogens is 403 g/mol. The second kappa shape index (κ2) is 9.31. The minimum absolute atomic E-state index is 0.0194. The minimum Gasteiger partial charge on any atom is -0.441 e.